The number of carbonyl (C=O) groups is 1. The molecule has 1 heterocycles. The Morgan fingerprint density at radius 1 is 1.24 bits per heavy atom. The molecule has 1 rings (SSSR count). The zero-order chi connectivity index (χ0) is 15.7. The lowest BCUT2D eigenvalue weighted by Crippen LogP contribution is -2.38. The van der Waals surface area contributed by atoms with E-state index in [1.54, 1.807) is 11.3 Å². The van der Waals surface area contributed by atoms with Crippen LogP contribution in [0.2, 0.25) is 0 Å². The van der Waals surface area contributed by atoms with Crippen molar-refractivity contribution >= 4 is 23.2 Å². The first-order valence-electron chi connectivity index (χ1n) is 7.28. The molecule has 0 aliphatic rings. The number of nitrogens with zero attached hydrogens (tertiary/aromatic N) is 2. The molecule has 7 heteroatoms. The summed E-state index contributed by atoms with van der Waals surface area (Å²) in [6.45, 7) is 10.3. The van der Waals surface area contributed by atoms with E-state index in [4.69, 9.17) is 0 Å². The normalized spacial score (nSPS) is 11.3. The molecule has 1 aromatic rings. The van der Waals surface area contributed by atoms with Crippen molar-refractivity contribution in [1.29, 1.82) is 0 Å². The van der Waals surface area contributed by atoms with Gasteiger partial charge in [0.15, 0.2) is 5.96 Å². The van der Waals surface area contributed by atoms with Crippen molar-refractivity contribution in [2.24, 2.45) is 4.99 Å². The Balaban J connectivity index is 2.52. The molecule has 0 spiro atoms. The summed E-state index contributed by atoms with van der Waals surface area (Å²) >= 11 is 1.67. The SMILES string of the molecule is CCCNC(=O)CN=C(NCC)NCc1sc(C)nc1C. The van der Waals surface area contributed by atoms with Gasteiger partial charge in [-0.1, -0.05) is 6.92 Å². The molecule has 0 saturated carbocycles. The number of nitrogens with one attached hydrogen (secondary N) is 3. The molecular weight excluding hydrogens is 286 g/mol. The molecule has 118 valence electrons. The van der Waals surface area contributed by atoms with Gasteiger partial charge in [-0.05, 0) is 27.2 Å². The van der Waals surface area contributed by atoms with Crippen LogP contribution in [0.25, 0.3) is 0 Å². The molecule has 1 aromatic heterocycles. The molecule has 3 N–H and O–H groups in total. The Bertz CT molecular complexity index is 484. The monoisotopic (exact) mass is 311 g/mol. The zero-order valence-electron chi connectivity index (χ0n) is 13.2. The third-order valence-electron chi connectivity index (χ3n) is 2.71. The molecule has 6 nitrogen and oxygen atoms in total. The minimum Gasteiger partial charge on any atom is -0.357 e. The van der Waals surface area contributed by atoms with Crippen molar-refractivity contribution in [2.75, 3.05) is 19.6 Å². The summed E-state index contributed by atoms with van der Waals surface area (Å²) in [6.07, 6.45) is 0.928. The van der Waals surface area contributed by atoms with E-state index in [0.717, 1.165) is 23.7 Å². The van der Waals surface area contributed by atoms with Crippen LogP contribution in [0.1, 0.15) is 35.8 Å². The van der Waals surface area contributed by atoms with Crippen molar-refractivity contribution in [3.8, 4) is 0 Å². The van der Waals surface area contributed by atoms with Gasteiger partial charge in [0.05, 0.1) is 17.2 Å². The minimum absolute atomic E-state index is 0.0566. The van der Waals surface area contributed by atoms with E-state index in [0.29, 0.717) is 19.0 Å². The fourth-order valence-electron chi connectivity index (χ4n) is 1.71. The second kappa shape index (κ2) is 9.33. The second-order valence-electron chi connectivity index (χ2n) is 4.64. The predicted molar refractivity (Wildman–Crippen MR) is 87.7 cm³/mol. The van der Waals surface area contributed by atoms with Gasteiger partial charge in [0.1, 0.15) is 6.54 Å². The number of hydrogen-bond acceptors (Lipinski definition) is 4. The molecular formula is C14H25N5OS. The number of guanidine groups is 1. The van der Waals surface area contributed by atoms with E-state index in [-0.39, 0.29) is 12.5 Å². The average molecular weight is 311 g/mol. The maximum atomic E-state index is 11.6. The molecule has 0 aliphatic heterocycles. The zero-order valence-corrected chi connectivity index (χ0v) is 14.1. The third kappa shape index (κ3) is 6.57. The van der Waals surface area contributed by atoms with Crippen LogP contribution in [0.3, 0.4) is 0 Å². The van der Waals surface area contributed by atoms with Gasteiger partial charge < -0.3 is 16.0 Å². The molecule has 0 aliphatic carbocycles. The molecule has 0 bridgehead atoms. The summed E-state index contributed by atoms with van der Waals surface area (Å²) in [5.41, 5.74) is 1.04. The van der Waals surface area contributed by atoms with Gasteiger partial charge in [-0.15, -0.1) is 11.3 Å². The summed E-state index contributed by atoms with van der Waals surface area (Å²) in [5, 5.41) is 10.2. The van der Waals surface area contributed by atoms with E-state index in [1.807, 2.05) is 27.7 Å². The Morgan fingerprint density at radius 2 is 2.00 bits per heavy atom. The first-order valence-corrected chi connectivity index (χ1v) is 8.10. The number of aliphatic imine (C=N–C) groups is 1. The molecule has 1 amide bonds. The highest BCUT2D eigenvalue weighted by molar-refractivity contribution is 7.11. The largest absolute Gasteiger partial charge is 0.357 e. The van der Waals surface area contributed by atoms with Crippen LogP contribution in [-0.2, 0) is 11.3 Å². The van der Waals surface area contributed by atoms with Crippen molar-refractivity contribution < 1.29 is 4.79 Å². The van der Waals surface area contributed by atoms with Crippen LogP contribution >= 0.6 is 11.3 Å². The molecule has 0 aromatic carbocycles. The van der Waals surface area contributed by atoms with E-state index in [1.165, 1.54) is 4.88 Å². The summed E-state index contributed by atoms with van der Waals surface area (Å²) in [7, 11) is 0. The maximum absolute atomic E-state index is 11.6. The highest BCUT2D eigenvalue weighted by atomic mass is 32.1. The van der Waals surface area contributed by atoms with E-state index in [9.17, 15) is 4.79 Å². The van der Waals surface area contributed by atoms with Gasteiger partial charge in [0.2, 0.25) is 5.91 Å². The van der Waals surface area contributed by atoms with Gasteiger partial charge >= 0.3 is 0 Å². The van der Waals surface area contributed by atoms with Crippen molar-refractivity contribution in [1.82, 2.24) is 20.9 Å². The number of amides is 1. The lowest BCUT2D eigenvalue weighted by molar-refractivity contribution is -0.119. The van der Waals surface area contributed by atoms with Crippen LogP contribution in [0, 0.1) is 13.8 Å². The molecule has 0 unspecified atom stereocenters. The van der Waals surface area contributed by atoms with Crippen LogP contribution in [0.4, 0.5) is 0 Å². The molecule has 0 atom stereocenters. The highest BCUT2D eigenvalue weighted by Gasteiger charge is 2.06. The Labute approximate surface area is 130 Å². The third-order valence-corrected chi connectivity index (χ3v) is 3.79. The summed E-state index contributed by atoms with van der Waals surface area (Å²) in [6, 6.07) is 0. The average Bonchev–Trinajstić information content (AvgIpc) is 2.77. The van der Waals surface area contributed by atoms with Gasteiger partial charge in [-0.3, -0.25) is 4.79 Å². The first kappa shape index (κ1) is 17.4. The number of carbonyl (C=O) groups excluding carboxylic acids is 1. The van der Waals surface area contributed by atoms with Crippen molar-refractivity contribution in [2.45, 2.75) is 40.7 Å². The highest BCUT2D eigenvalue weighted by Crippen LogP contribution is 2.16. The molecule has 21 heavy (non-hydrogen) atoms. The standard InChI is InChI=1S/C14H25N5OS/c1-5-7-16-13(20)9-18-14(15-6-2)17-8-12-10(3)19-11(4)21-12/h5-9H2,1-4H3,(H,16,20)(H2,15,17,18). The predicted octanol–water partition coefficient (Wildman–Crippen LogP) is 1.34. The van der Waals surface area contributed by atoms with Gasteiger partial charge in [-0.25, -0.2) is 9.98 Å². The number of aryl methyl sites for hydroxylation is 2. The summed E-state index contributed by atoms with van der Waals surface area (Å²) in [4.78, 5) is 21.4. The Kier molecular flexibility index (Phi) is 7.74. The Morgan fingerprint density at radius 3 is 2.57 bits per heavy atom. The van der Waals surface area contributed by atoms with Crippen molar-refractivity contribution in [3.63, 3.8) is 0 Å². The van der Waals surface area contributed by atoms with Crippen LogP contribution < -0.4 is 16.0 Å². The molecule has 0 saturated heterocycles. The van der Waals surface area contributed by atoms with Gasteiger partial charge in [0.25, 0.3) is 0 Å². The summed E-state index contributed by atoms with van der Waals surface area (Å²) < 4.78 is 0. The number of aromatic nitrogens is 1. The first-order chi connectivity index (χ1) is 10.1. The van der Waals surface area contributed by atoms with E-state index >= 15 is 0 Å². The number of rotatable bonds is 7. The van der Waals surface area contributed by atoms with Gasteiger partial charge in [0, 0.05) is 18.0 Å². The summed E-state index contributed by atoms with van der Waals surface area (Å²) in [5.74, 6) is 0.591. The maximum Gasteiger partial charge on any atom is 0.241 e. The fraction of sp³-hybridized carbons (Fsp3) is 0.643. The molecule has 0 fully saturated rings. The van der Waals surface area contributed by atoms with Crippen LogP contribution in [0.15, 0.2) is 4.99 Å². The lowest BCUT2D eigenvalue weighted by Gasteiger charge is -2.10. The van der Waals surface area contributed by atoms with Gasteiger partial charge in [-0.2, -0.15) is 0 Å². The number of thiazole rings is 1. The lowest BCUT2D eigenvalue weighted by atomic mass is 10.4. The molecule has 0 radical (unpaired) electrons. The number of hydrogen-bond donors (Lipinski definition) is 3. The van der Waals surface area contributed by atoms with Crippen LogP contribution in [0.5, 0.6) is 0 Å². The topological polar surface area (TPSA) is 78.4 Å². The smallest absolute Gasteiger partial charge is 0.241 e. The minimum atomic E-state index is -0.0566. The van der Waals surface area contributed by atoms with E-state index < -0.39 is 0 Å². The van der Waals surface area contributed by atoms with Crippen molar-refractivity contribution in [3.05, 3.63) is 15.6 Å². The fourth-order valence-corrected chi connectivity index (χ4v) is 2.59. The Hall–Kier alpha value is -1.63. The van der Waals surface area contributed by atoms with Crippen LogP contribution in [-0.4, -0.2) is 36.5 Å². The quantitative estimate of drug-likeness (QED) is 0.524. The van der Waals surface area contributed by atoms with E-state index in [2.05, 4.69) is 25.9 Å². The second-order valence-corrected chi connectivity index (χ2v) is 5.93.